The van der Waals surface area contributed by atoms with Crippen LogP contribution >= 0.6 is 0 Å². The standard InChI is InChI=1S/C17H17N5O4S/c1-21-11-14(10-20-21)13-4-2-3-12(7-13)9-19-16-6-5-15(27(18,25)26)8-17(16)22(23)24/h2-8,10-11,19H,9H2,1H3,(H2,18,25,26). The minimum Gasteiger partial charge on any atom is -0.375 e. The SMILES string of the molecule is Cn1cc(-c2cccc(CNc3ccc(S(N)(=O)=O)cc3[N+](=O)[O-])c2)cn1. The molecule has 0 aliphatic carbocycles. The second-order valence-corrected chi connectivity index (χ2v) is 7.50. The molecule has 0 fully saturated rings. The van der Waals surface area contributed by atoms with Crippen molar-refractivity contribution in [3.05, 3.63) is 70.5 Å². The van der Waals surface area contributed by atoms with E-state index in [0.717, 1.165) is 22.8 Å². The Kier molecular flexibility index (Phi) is 4.93. The molecule has 2 aromatic carbocycles. The molecule has 1 aromatic heterocycles. The molecule has 0 saturated heterocycles. The van der Waals surface area contributed by atoms with Gasteiger partial charge in [-0.2, -0.15) is 5.10 Å². The molecule has 0 amide bonds. The van der Waals surface area contributed by atoms with Crippen molar-refractivity contribution in [3.63, 3.8) is 0 Å². The average Bonchev–Trinajstić information content (AvgIpc) is 3.05. The molecule has 10 heteroatoms. The number of nitro benzene ring substituents is 1. The molecule has 3 aromatic rings. The summed E-state index contributed by atoms with van der Waals surface area (Å²) in [6.45, 7) is 0.323. The summed E-state index contributed by atoms with van der Waals surface area (Å²) in [5, 5.41) is 23.4. The highest BCUT2D eigenvalue weighted by Crippen LogP contribution is 2.28. The number of benzene rings is 2. The Morgan fingerprint density at radius 3 is 2.63 bits per heavy atom. The first-order valence-electron chi connectivity index (χ1n) is 7.87. The number of primary sulfonamides is 1. The zero-order chi connectivity index (χ0) is 19.6. The number of nitrogens with two attached hydrogens (primary N) is 1. The predicted molar refractivity (Wildman–Crippen MR) is 100 cm³/mol. The Hall–Kier alpha value is -3.24. The molecule has 0 atom stereocenters. The summed E-state index contributed by atoms with van der Waals surface area (Å²) in [6.07, 6.45) is 3.65. The second-order valence-electron chi connectivity index (χ2n) is 5.94. The van der Waals surface area contributed by atoms with Gasteiger partial charge in [-0.3, -0.25) is 14.8 Å². The van der Waals surface area contributed by atoms with Crippen LogP contribution in [0.15, 0.2) is 59.8 Å². The Morgan fingerprint density at radius 2 is 2.00 bits per heavy atom. The maximum absolute atomic E-state index is 11.4. The maximum Gasteiger partial charge on any atom is 0.293 e. The van der Waals surface area contributed by atoms with Gasteiger partial charge in [0, 0.05) is 31.4 Å². The number of aryl methyl sites for hydroxylation is 1. The molecular formula is C17H17N5O4S. The summed E-state index contributed by atoms with van der Waals surface area (Å²) in [6, 6.07) is 11.2. The molecule has 0 unspecified atom stereocenters. The van der Waals surface area contributed by atoms with Gasteiger partial charge in [0.05, 0.1) is 16.0 Å². The monoisotopic (exact) mass is 387 g/mol. The summed E-state index contributed by atoms with van der Waals surface area (Å²) in [5.41, 5.74) is 2.69. The van der Waals surface area contributed by atoms with E-state index in [9.17, 15) is 18.5 Å². The lowest BCUT2D eigenvalue weighted by Crippen LogP contribution is -2.13. The van der Waals surface area contributed by atoms with E-state index in [0.29, 0.717) is 6.54 Å². The fraction of sp³-hybridized carbons (Fsp3) is 0.118. The Morgan fingerprint density at radius 1 is 1.22 bits per heavy atom. The van der Waals surface area contributed by atoms with Crippen LogP contribution in [0.1, 0.15) is 5.56 Å². The van der Waals surface area contributed by atoms with Crippen LogP contribution in [0.3, 0.4) is 0 Å². The molecule has 140 valence electrons. The smallest absolute Gasteiger partial charge is 0.293 e. The van der Waals surface area contributed by atoms with Crippen molar-refractivity contribution >= 4 is 21.4 Å². The lowest BCUT2D eigenvalue weighted by atomic mass is 10.1. The minimum atomic E-state index is -4.02. The van der Waals surface area contributed by atoms with Crippen LogP contribution < -0.4 is 10.5 Å². The molecule has 0 aliphatic rings. The molecule has 3 rings (SSSR count). The van der Waals surface area contributed by atoms with Crippen molar-refractivity contribution in [1.82, 2.24) is 9.78 Å². The van der Waals surface area contributed by atoms with Crippen molar-refractivity contribution in [3.8, 4) is 11.1 Å². The van der Waals surface area contributed by atoms with Gasteiger partial charge in [0.1, 0.15) is 5.69 Å². The van der Waals surface area contributed by atoms with E-state index in [1.54, 1.807) is 10.9 Å². The number of hydrogen-bond donors (Lipinski definition) is 2. The van der Waals surface area contributed by atoms with Gasteiger partial charge in [-0.25, -0.2) is 13.6 Å². The maximum atomic E-state index is 11.4. The topological polar surface area (TPSA) is 133 Å². The highest BCUT2D eigenvalue weighted by Gasteiger charge is 2.19. The predicted octanol–water partition coefficient (Wildman–Crippen LogP) is 2.25. The summed E-state index contributed by atoms with van der Waals surface area (Å²) in [5.74, 6) is 0. The Balaban J connectivity index is 1.84. The van der Waals surface area contributed by atoms with E-state index >= 15 is 0 Å². The van der Waals surface area contributed by atoms with E-state index in [4.69, 9.17) is 5.14 Å². The summed E-state index contributed by atoms with van der Waals surface area (Å²) in [4.78, 5) is 10.3. The van der Waals surface area contributed by atoms with Crippen LogP contribution in [0.4, 0.5) is 11.4 Å². The largest absolute Gasteiger partial charge is 0.375 e. The first-order valence-corrected chi connectivity index (χ1v) is 9.42. The lowest BCUT2D eigenvalue weighted by molar-refractivity contribution is -0.384. The molecule has 27 heavy (non-hydrogen) atoms. The van der Waals surface area contributed by atoms with E-state index in [1.807, 2.05) is 37.5 Å². The lowest BCUT2D eigenvalue weighted by Gasteiger charge is -2.09. The summed E-state index contributed by atoms with van der Waals surface area (Å²) >= 11 is 0. The van der Waals surface area contributed by atoms with Gasteiger partial charge in [0.2, 0.25) is 10.0 Å². The third-order valence-electron chi connectivity index (χ3n) is 3.94. The Bertz CT molecular complexity index is 1110. The number of nitro groups is 1. The van der Waals surface area contributed by atoms with Crippen molar-refractivity contribution in [2.75, 3.05) is 5.32 Å². The molecular weight excluding hydrogens is 370 g/mol. The number of rotatable bonds is 6. The molecule has 0 bridgehead atoms. The molecule has 0 spiro atoms. The van der Waals surface area contributed by atoms with E-state index in [-0.39, 0.29) is 16.3 Å². The number of hydrogen-bond acceptors (Lipinski definition) is 6. The van der Waals surface area contributed by atoms with Crippen LogP contribution in [0, 0.1) is 10.1 Å². The fourth-order valence-electron chi connectivity index (χ4n) is 2.62. The Labute approximate surface area is 155 Å². The zero-order valence-electron chi connectivity index (χ0n) is 14.4. The number of sulfonamides is 1. The third kappa shape index (κ3) is 4.30. The molecule has 1 heterocycles. The second kappa shape index (κ2) is 7.17. The number of anilines is 1. The molecule has 0 radical (unpaired) electrons. The van der Waals surface area contributed by atoms with Gasteiger partial charge >= 0.3 is 0 Å². The van der Waals surface area contributed by atoms with Gasteiger partial charge in [0.25, 0.3) is 5.69 Å². The highest BCUT2D eigenvalue weighted by atomic mass is 32.2. The molecule has 3 N–H and O–H groups in total. The fourth-order valence-corrected chi connectivity index (χ4v) is 3.15. The van der Waals surface area contributed by atoms with Crippen molar-refractivity contribution in [1.29, 1.82) is 0 Å². The van der Waals surface area contributed by atoms with E-state index in [2.05, 4.69) is 10.4 Å². The quantitative estimate of drug-likeness (QED) is 0.492. The van der Waals surface area contributed by atoms with Crippen molar-refractivity contribution in [2.45, 2.75) is 11.4 Å². The molecule has 0 aliphatic heterocycles. The van der Waals surface area contributed by atoms with E-state index < -0.39 is 14.9 Å². The van der Waals surface area contributed by atoms with Gasteiger partial charge in [0.15, 0.2) is 0 Å². The van der Waals surface area contributed by atoms with Gasteiger partial charge in [-0.15, -0.1) is 0 Å². The normalized spacial score (nSPS) is 11.3. The van der Waals surface area contributed by atoms with Crippen LogP contribution in [0.5, 0.6) is 0 Å². The van der Waals surface area contributed by atoms with Crippen LogP contribution in [0.25, 0.3) is 11.1 Å². The first-order chi connectivity index (χ1) is 12.7. The van der Waals surface area contributed by atoms with Crippen molar-refractivity contribution < 1.29 is 13.3 Å². The van der Waals surface area contributed by atoms with Gasteiger partial charge in [-0.05, 0) is 29.3 Å². The highest BCUT2D eigenvalue weighted by molar-refractivity contribution is 7.89. The first kappa shape index (κ1) is 18.5. The van der Waals surface area contributed by atoms with Gasteiger partial charge < -0.3 is 5.32 Å². The number of nitrogens with zero attached hydrogens (tertiary/aromatic N) is 3. The summed E-state index contributed by atoms with van der Waals surface area (Å²) in [7, 11) is -2.18. The van der Waals surface area contributed by atoms with Gasteiger partial charge in [-0.1, -0.05) is 18.2 Å². The number of nitrogens with one attached hydrogen (secondary N) is 1. The number of aromatic nitrogens is 2. The third-order valence-corrected chi connectivity index (χ3v) is 4.85. The zero-order valence-corrected chi connectivity index (χ0v) is 15.2. The molecule has 9 nitrogen and oxygen atoms in total. The average molecular weight is 387 g/mol. The molecule has 0 saturated carbocycles. The van der Waals surface area contributed by atoms with Crippen LogP contribution in [-0.2, 0) is 23.6 Å². The summed E-state index contributed by atoms with van der Waals surface area (Å²) < 4.78 is 24.5. The van der Waals surface area contributed by atoms with Crippen LogP contribution in [0.2, 0.25) is 0 Å². The van der Waals surface area contributed by atoms with Crippen molar-refractivity contribution in [2.24, 2.45) is 12.2 Å². The van der Waals surface area contributed by atoms with Crippen LogP contribution in [-0.4, -0.2) is 23.1 Å². The van der Waals surface area contributed by atoms with E-state index in [1.165, 1.54) is 12.1 Å². The minimum absolute atomic E-state index is 0.208.